The molecule has 2 fully saturated rings. The van der Waals surface area contributed by atoms with Crippen LogP contribution in [0.3, 0.4) is 0 Å². The van der Waals surface area contributed by atoms with E-state index in [9.17, 15) is 22.4 Å². The van der Waals surface area contributed by atoms with Crippen molar-refractivity contribution in [3.8, 4) is 0 Å². The predicted molar refractivity (Wildman–Crippen MR) is 147 cm³/mol. The van der Waals surface area contributed by atoms with Gasteiger partial charge >= 0.3 is 16.2 Å². The summed E-state index contributed by atoms with van der Waals surface area (Å²) in [7, 11) is -4.32. The summed E-state index contributed by atoms with van der Waals surface area (Å²) in [5.41, 5.74) is 0.889. The number of ether oxygens (including phenoxy) is 1. The van der Waals surface area contributed by atoms with E-state index in [-0.39, 0.29) is 42.4 Å². The normalized spacial score (nSPS) is 24.2. The van der Waals surface area contributed by atoms with Gasteiger partial charge in [0.2, 0.25) is 5.91 Å². The van der Waals surface area contributed by atoms with Crippen molar-refractivity contribution in [2.24, 2.45) is 10.9 Å². The quantitative estimate of drug-likeness (QED) is 0.426. The molecule has 3 aliphatic heterocycles. The molecular weight excluding hydrogens is 597 g/mol. The number of amides is 1. The van der Waals surface area contributed by atoms with Gasteiger partial charge in [-0.2, -0.15) is 12.7 Å². The number of hydrogen-bond donors (Lipinski definition) is 2. The van der Waals surface area contributed by atoms with E-state index < -0.39 is 64.9 Å². The molecule has 226 valence electrons. The van der Waals surface area contributed by atoms with Gasteiger partial charge in [-0.25, -0.2) is 27.7 Å². The third-order valence-electron chi connectivity index (χ3n) is 7.52. The fraction of sp³-hybridized carbons (Fsp3) is 0.462. The standard InChI is InChI=1S/C26H29F3N6O5S2/c1-4-40-25(37)21-19(11-34-13-26(28,29)17-10-35(12-20(17)34)42(38,39)33-15(3)36)31-23(24-30-8-9-41-24)32-22(21)16-6-5-7-18(27)14(16)2/h5-9,17,20,22H,4,10-13H2,1-3H3,(H,31,32)(H,33,36)/t17-,20+,22+/m1/s1. The minimum atomic E-state index is -4.32. The topological polar surface area (TPSA) is 133 Å². The summed E-state index contributed by atoms with van der Waals surface area (Å²) >= 11 is 1.26. The van der Waals surface area contributed by atoms with Crippen LogP contribution in [-0.4, -0.2) is 85.1 Å². The van der Waals surface area contributed by atoms with Crippen molar-refractivity contribution in [1.82, 2.24) is 24.2 Å². The van der Waals surface area contributed by atoms with Gasteiger partial charge in [-0.3, -0.25) is 14.7 Å². The number of nitrogens with one attached hydrogen (secondary N) is 2. The Morgan fingerprint density at radius 3 is 2.71 bits per heavy atom. The predicted octanol–water partition coefficient (Wildman–Crippen LogP) is 2.13. The molecule has 0 unspecified atom stereocenters. The number of esters is 1. The van der Waals surface area contributed by atoms with Gasteiger partial charge in [-0.1, -0.05) is 12.1 Å². The number of alkyl halides is 2. The molecule has 11 nitrogen and oxygen atoms in total. The highest BCUT2D eigenvalue weighted by Gasteiger charge is 2.59. The minimum absolute atomic E-state index is 0.0238. The summed E-state index contributed by atoms with van der Waals surface area (Å²) in [5, 5.41) is 5.28. The number of aromatic nitrogens is 1. The summed E-state index contributed by atoms with van der Waals surface area (Å²) in [6.07, 6.45) is 1.56. The molecule has 2 saturated heterocycles. The Morgan fingerprint density at radius 1 is 1.29 bits per heavy atom. The van der Waals surface area contributed by atoms with E-state index in [1.807, 2.05) is 4.72 Å². The molecule has 1 amide bonds. The Balaban J connectivity index is 1.57. The molecule has 1 aromatic heterocycles. The van der Waals surface area contributed by atoms with Gasteiger partial charge in [0, 0.05) is 49.9 Å². The number of halogens is 3. The summed E-state index contributed by atoms with van der Waals surface area (Å²) in [4.78, 5) is 35.2. The maximum Gasteiger partial charge on any atom is 0.338 e. The van der Waals surface area contributed by atoms with E-state index in [4.69, 9.17) is 9.73 Å². The molecular formula is C26H29F3N6O5S2. The first-order valence-electron chi connectivity index (χ1n) is 13.1. The highest BCUT2D eigenvalue weighted by Crippen LogP contribution is 2.44. The molecule has 5 rings (SSSR count). The Morgan fingerprint density at radius 2 is 2.05 bits per heavy atom. The van der Waals surface area contributed by atoms with Gasteiger partial charge in [0.1, 0.15) is 11.9 Å². The summed E-state index contributed by atoms with van der Waals surface area (Å²) in [6.45, 7) is 2.55. The lowest BCUT2D eigenvalue weighted by atomic mass is 9.92. The first-order valence-corrected chi connectivity index (χ1v) is 15.4. The average Bonchev–Trinajstić information content (AvgIpc) is 3.64. The van der Waals surface area contributed by atoms with Crippen LogP contribution >= 0.6 is 11.3 Å². The second-order valence-electron chi connectivity index (χ2n) is 10.2. The molecule has 4 heterocycles. The molecule has 0 saturated carbocycles. The van der Waals surface area contributed by atoms with E-state index in [2.05, 4.69) is 10.3 Å². The van der Waals surface area contributed by atoms with Gasteiger partial charge in [-0.05, 0) is 31.0 Å². The van der Waals surface area contributed by atoms with Gasteiger partial charge in [-0.15, -0.1) is 11.3 Å². The fourth-order valence-electron chi connectivity index (χ4n) is 5.62. The number of aliphatic imine (C=N–C) groups is 1. The number of amidine groups is 1. The Labute approximate surface area is 244 Å². The number of benzene rings is 1. The van der Waals surface area contributed by atoms with Crippen LogP contribution in [0, 0.1) is 18.7 Å². The number of carbonyl (C=O) groups is 2. The number of thiazole rings is 1. The molecule has 1 aromatic carbocycles. The smallest absolute Gasteiger partial charge is 0.338 e. The van der Waals surface area contributed by atoms with Crippen molar-refractivity contribution in [1.29, 1.82) is 0 Å². The van der Waals surface area contributed by atoms with Crippen LogP contribution in [0.1, 0.15) is 36.0 Å². The number of carbonyl (C=O) groups excluding carboxylic acids is 2. The molecule has 0 aliphatic carbocycles. The second kappa shape index (κ2) is 11.4. The monoisotopic (exact) mass is 626 g/mol. The number of nitrogens with zero attached hydrogens (tertiary/aromatic N) is 4. The lowest BCUT2D eigenvalue weighted by Gasteiger charge is -2.31. The SMILES string of the molecule is CCOC(=O)C1=C(CN2CC(F)(F)[C@@H]3CN(S(=O)(=O)NC(C)=O)C[C@@H]32)NC(c2nccs2)=N[C@H]1c1cccc(F)c1C. The molecule has 0 radical (unpaired) electrons. The van der Waals surface area contributed by atoms with Gasteiger partial charge in [0.05, 0.1) is 24.6 Å². The van der Waals surface area contributed by atoms with E-state index in [0.717, 1.165) is 11.2 Å². The van der Waals surface area contributed by atoms with E-state index in [1.54, 1.807) is 31.5 Å². The van der Waals surface area contributed by atoms with Crippen molar-refractivity contribution in [3.63, 3.8) is 0 Å². The maximum absolute atomic E-state index is 15.3. The van der Waals surface area contributed by atoms with Crippen LogP contribution in [-0.2, 0) is 24.5 Å². The van der Waals surface area contributed by atoms with E-state index in [0.29, 0.717) is 10.6 Å². The van der Waals surface area contributed by atoms with Gasteiger partial charge < -0.3 is 10.1 Å². The van der Waals surface area contributed by atoms with Crippen LogP contribution in [0.5, 0.6) is 0 Å². The average molecular weight is 627 g/mol. The van der Waals surface area contributed by atoms with Gasteiger partial charge in [0.25, 0.3) is 5.92 Å². The maximum atomic E-state index is 15.3. The molecule has 3 aliphatic rings. The lowest BCUT2D eigenvalue weighted by Crippen LogP contribution is -2.46. The van der Waals surface area contributed by atoms with Crippen LogP contribution in [0.15, 0.2) is 46.0 Å². The molecule has 3 atom stereocenters. The van der Waals surface area contributed by atoms with Crippen molar-refractivity contribution < 1.29 is 35.9 Å². The van der Waals surface area contributed by atoms with Crippen molar-refractivity contribution in [2.75, 3.05) is 32.8 Å². The Bertz CT molecular complexity index is 1560. The first kappa shape index (κ1) is 30.1. The van der Waals surface area contributed by atoms with Gasteiger partial charge in [0.15, 0.2) is 10.8 Å². The van der Waals surface area contributed by atoms with Crippen LogP contribution < -0.4 is 10.0 Å². The lowest BCUT2D eigenvalue weighted by molar-refractivity contribution is -0.139. The Hall–Kier alpha value is -3.34. The second-order valence-corrected chi connectivity index (χ2v) is 12.8. The Kier molecular flexibility index (Phi) is 8.17. The van der Waals surface area contributed by atoms with E-state index >= 15 is 8.78 Å². The number of rotatable bonds is 8. The number of fused-ring (bicyclic) bond motifs is 1. The molecule has 2 aromatic rings. The largest absolute Gasteiger partial charge is 0.463 e. The fourth-order valence-corrected chi connectivity index (χ4v) is 7.41. The zero-order chi connectivity index (χ0) is 30.4. The summed E-state index contributed by atoms with van der Waals surface area (Å²) in [5.74, 6) is -6.42. The molecule has 42 heavy (non-hydrogen) atoms. The molecule has 2 N–H and O–H groups in total. The van der Waals surface area contributed by atoms with Crippen molar-refractivity contribution >= 4 is 39.3 Å². The number of hydrogen-bond acceptors (Lipinski definition) is 10. The first-order chi connectivity index (χ1) is 19.8. The number of likely N-dealkylation sites (tertiary alicyclic amines) is 1. The molecule has 16 heteroatoms. The molecule has 0 spiro atoms. The zero-order valence-corrected chi connectivity index (χ0v) is 24.6. The summed E-state index contributed by atoms with van der Waals surface area (Å²) < 4.78 is 78.5. The van der Waals surface area contributed by atoms with Crippen LogP contribution in [0.4, 0.5) is 13.2 Å². The van der Waals surface area contributed by atoms with Crippen molar-refractivity contribution in [2.45, 2.75) is 38.8 Å². The highest BCUT2D eigenvalue weighted by atomic mass is 32.2. The van der Waals surface area contributed by atoms with Crippen LogP contribution in [0.2, 0.25) is 0 Å². The van der Waals surface area contributed by atoms with Crippen LogP contribution in [0.25, 0.3) is 0 Å². The van der Waals surface area contributed by atoms with Crippen molar-refractivity contribution in [3.05, 3.63) is 63.0 Å². The zero-order valence-electron chi connectivity index (χ0n) is 22.9. The minimum Gasteiger partial charge on any atom is -0.463 e. The highest BCUT2D eigenvalue weighted by molar-refractivity contribution is 7.87. The third kappa shape index (κ3) is 5.67. The summed E-state index contributed by atoms with van der Waals surface area (Å²) in [6, 6.07) is 2.46. The van der Waals surface area contributed by atoms with E-state index in [1.165, 1.54) is 28.4 Å². The molecule has 0 bridgehead atoms. The third-order valence-corrected chi connectivity index (χ3v) is 9.82.